The summed E-state index contributed by atoms with van der Waals surface area (Å²) in [6.45, 7) is 0. The molecule has 0 saturated carbocycles. The minimum Gasteiger partial charge on any atom is -0.399 e. The number of nitrogen functional groups attached to an aromatic ring is 1. The van der Waals surface area contributed by atoms with E-state index in [1.54, 1.807) is 11.8 Å². The lowest BCUT2D eigenvalue weighted by Crippen LogP contribution is -2.30. The Morgan fingerprint density at radius 1 is 1.23 bits per heavy atom. The van der Waals surface area contributed by atoms with Crippen molar-refractivity contribution in [3.63, 3.8) is 0 Å². The Balaban J connectivity index is 1.70. The zero-order valence-corrected chi connectivity index (χ0v) is 15.6. The number of nitrogens with zero attached hydrogens (tertiary/aromatic N) is 3. The minimum atomic E-state index is -0.166. The van der Waals surface area contributed by atoms with Crippen molar-refractivity contribution >= 4 is 29.0 Å². The number of pyridine rings is 1. The summed E-state index contributed by atoms with van der Waals surface area (Å²) in [5.74, 6) is 1.69. The number of amides is 1. The highest BCUT2D eigenvalue weighted by Gasteiger charge is 2.20. The lowest BCUT2D eigenvalue weighted by molar-refractivity contribution is -0.121. The molecule has 1 aromatic carbocycles. The van der Waals surface area contributed by atoms with Gasteiger partial charge < -0.3 is 11.1 Å². The summed E-state index contributed by atoms with van der Waals surface area (Å²) in [5, 5.41) is 11.6. The molecule has 0 saturated heterocycles. The van der Waals surface area contributed by atoms with Gasteiger partial charge in [0.15, 0.2) is 11.5 Å². The number of nitrogens with two attached hydrogens (primary N) is 1. The summed E-state index contributed by atoms with van der Waals surface area (Å²) in [6.07, 6.45) is 5.79. The van der Waals surface area contributed by atoms with E-state index in [4.69, 9.17) is 5.73 Å². The van der Waals surface area contributed by atoms with Crippen molar-refractivity contribution in [1.82, 2.24) is 19.9 Å². The van der Waals surface area contributed by atoms with Gasteiger partial charge in [0.1, 0.15) is 0 Å². The standard InChI is InChI=1S/C19H23N5OS/c1-26-13-11-16(19-23-22-17-8-4-5-12-24(17)19)21-18(25)10-9-14-6-2-3-7-15(14)20/h2-8,12,16H,9-11,13,20H2,1H3,(H,21,25). The van der Waals surface area contributed by atoms with Crippen LogP contribution < -0.4 is 11.1 Å². The number of fused-ring (bicyclic) bond motifs is 1. The molecule has 0 fully saturated rings. The molecule has 1 unspecified atom stereocenters. The van der Waals surface area contributed by atoms with Crippen molar-refractivity contribution in [2.75, 3.05) is 17.7 Å². The first kappa shape index (κ1) is 18.3. The van der Waals surface area contributed by atoms with E-state index in [1.165, 1.54) is 0 Å². The van der Waals surface area contributed by atoms with E-state index in [0.717, 1.165) is 34.9 Å². The zero-order chi connectivity index (χ0) is 18.4. The van der Waals surface area contributed by atoms with Gasteiger partial charge >= 0.3 is 0 Å². The van der Waals surface area contributed by atoms with E-state index in [2.05, 4.69) is 21.8 Å². The Morgan fingerprint density at radius 2 is 2.04 bits per heavy atom. The molecule has 26 heavy (non-hydrogen) atoms. The molecule has 0 aliphatic heterocycles. The first-order chi connectivity index (χ1) is 12.7. The molecule has 0 spiro atoms. The monoisotopic (exact) mass is 369 g/mol. The minimum absolute atomic E-state index is 0.00737. The Hall–Kier alpha value is -2.54. The fourth-order valence-electron chi connectivity index (χ4n) is 2.88. The lowest BCUT2D eigenvalue weighted by atomic mass is 10.1. The summed E-state index contributed by atoms with van der Waals surface area (Å²) >= 11 is 1.75. The smallest absolute Gasteiger partial charge is 0.220 e. The van der Waals surface area contributed by atoms with Gasteiger partial charge in [0, 0.05) is 18.3 Å². The number of aryl methyl sites for hydroxylation is 1. The van der Waals surface area contributed by atoms with Gasteiger partial charge in [-0.1, -0.05) is 24.3 Å². The van der Waals surface area contributed by atoms with Gasteiger partial charge in [-0.25, -0.2) is 0 Å². The SMILES string of the molecule is CSCCC(NC(=O)CCc1ccccc1N)c1nnc2ccccn12. The third-order valence-electron chi connectivity index (χ3n) is 4.27. The van der Waals surface area contributed by atoms with Crippen molar-refractivity contribution < 1.29 is 4.79 Å². The van der Waals surface area contributed by atoms with Crippen LogP contribution in [0.3, 0.4) is 0 Å². The number of nitrogens with one attached hydrogen (secondary N) is 1. The topological polar surface area (TPSA) is 85.3 Å². The lowest BCUT2D eigenvalue weighted by Gasteiger charge is -2.17. The molecule has 6 nitrogen and oxygen atoms in total. The Bertz CT molecular complexity index is 879. The van der Waals surface area contributed by atoms with Gasteiger partial charge in [-0.05, 0) is 48.6 Å². The second-order valence-electron chi connectivity index (χ2n) is 6.09. The molecule has 3 rings (SSSR count). The van der Waals surface area contributed by atoms with E-state index in [0.29, 0.717) is 12.8 Å². The van der Waals surface area contributed by atoms with Crippen molar-refractivity contribution in [2.45, 2.75) is 25.3 Å². The summed E-state index contributed by atoms with van der Waals surface area (Å²) in [7, 11) is 0. The van der Waals surface area contributed by atoms with Crippen molar-refractivity contribution in [3.05, 3.63) is 60.0 Å². The molecule has 1 amide bonds. The van der Waals surface area contributed by atoms with E-state index < -0.39 is 0 Å². The van der Waals surface area contributed by atoms with Gasteiger partial charge in [0.2, 0.25) is 5.91 Å². The second-order valence-corrected chi connectivity index (χ2v) is 7.07. The predicted molar refractivity (Wildman–Crippen MR) is 106 cm³/mol. The summed E-state index contributed by atoms with van der Waals surface area (Å²) in [5.41, 5.74) is 8.46. The maximum atomic E-state index is 12.5. The van der Waals surface area contributed by atoms with E-state index in [-0.39, 0.29) is 11.9 Å². The Kier molecular flexibility index (Phi) is 6.12. The van der Waals surface area contributed by atoms with Crippen molar-refractivity contribution in [3.8, 4) is 0 Å². The maximum Gasteiger partial charge on any atom is 0.220 e. The van der Waals surface area contributed by atoms with E-state index >= 15 is 0 Å². The van der Waals surface area contributed by atoms with Gasteiger partial charge in [-0.3, -0.25) is 9.20 Å². The van der Waals surface area contributed by atoms with Crippen LogP contribution in [0.25, 0.3) is 5.65 Å². The van der Waals surface area contributed by atoms with Gasteiger partial charge in [0.25, 0.3) is 0 Å². The van der Waals surface area contributed by atoms with Gasteiger partial charge in [-0.15, -0.1) is 10.2 Å². The number of benzene rings is 1. The number of anilines is 1. The number of hydrogen-bond acceptors (Lipinski definition) is 5. The summed E-state index contributed by atoms with van der Waals surface area (Å²) in [4.78, 5) is 12.5. The largest absolute Gasteiger partial charge is 0.399 e. The Labute approximate surface area is 157 Å². The van der Waals surface area contributed by atoms with Crippen LogP contribution >= 0.6 is 11.8 Å². The fraction of sp³-hybridized carbons (Fsp3) is 0.316. The van der Waals surface area contributed by atoms with E-state index in [1.807, 2.05) is 53.1 Å². The average Bonchev–Trinajstić information content (AvgIpc) is 3.08. The molecule has 3 N–H and O–H groups in total. The molecule has 136 valence electrons. The second kappa shape index (κ2) is 8.71. The zero-order valence-electron chi connectivity index (χ0n) is 14.8. The maximum absolute atomic E-state index is 12.5. The number of aromatic nitrogens is 3. The highest BCUT2D eigenvalue weighted by Crippen LogP contribution is 2.19. The van der Waals surface area contributed by atoms with Crippen LogP contribution in [0.4, 0.5) is 5.69 Å². The van der Waals surface area contributed by atoms with Crippen LogP contribution in [0.15, 0.2) is 48.7 Å². The first-order valence-electron chi connectivity index (χ1n) is 8.60. The molecule has 0 bridgehead atoms. The van der Waals surface area contributed by atoms with Crippen LogP contribution in [0, 0.1) is 0 Å². The van der Waals surface area contributed by atoms with Crippen molar-refractivity contribution in [1.29, 1.82) is 0 Å². The normalized spacial score (nSPS) is 12.2. The number of para-hydroxylation sites is 1. The third kappa shape index (κ3) is 4.35. The number of carbonyl (C=O) groups is 1. The van der Waals surface area contributed by atoms with Crippen LogP contribution in [0.2, 0.25) is 0 Å². The number of rotatable bonds is 8. The molecule has 2 heterocycles. The summed E-state index contributed by atoms with van der Waals surface area (Å²) in [6, 6.07) is 13.2. The number of carbonyl (C=O) groups excluding carboxylic acids is 1. The molecule has 0 aliphatic carbocycles. The molecule has 3 aromatic rings. The molecular formula is C19H23N5OS. The molecule has 0 radical (unpaired) electrons. The third-order valence-corrected chi connectivity index (χ3v) is 4.92. The average molecular weight is 369 g/mol. The predicted octanol–water partition coefficient (Wildman–Crippen LogP) is 2.85. The molecular weight excluding hydrogens is 346 g/mol. The quantitative estimate of drug-likeness (QED) is 0.596. The van der Waals surface area contributed by atoms with Gasteiger partial charge in [-0.2, -0.15) is 11.8 Å². The molecule has 2 aromatic heterocycles. The Morgan fingerprint density at radius 3 is 2.85 bits per heavy atom. The summed E-state index contributed by atoms with van der Waals surface area (Å²) < 4.78 is 1.93. The van der Waals surface area contributed by atoms with Crippen molar-refractivity contribution in [2.24, 2.45) is 0 Å². The van der Waals surface area contributed by atoms with Crippen LogP contribution in [0.5, 0.6) is 0 Å². The van der Waals surface area contributed by atoms with Crippen LogP contribution in [-0.4, -0.2) is 32.5 Å². The number of hydrogen-bond donors (Lipinski definition) is 2. The molecule has 1 atom stereocenters. The highest BCUT2D eigenvalue weighted by molar-refractivity contribution is 7.98. The highest BCUT2D eigenvalue weighted by atomic mass is 32.2. The first-order valence-corrected chi connectivity index (χ1v) is 9.99. The number of thioether (sulfide) groups is 1. The molecule has 0 aliphatic rings. The van der Waals surface area contributed by atoms with Crippen LogP contribution in [0.1, 0.15) is 30.3 Å². The van der Waals surface area contributed by atoms with Crippen LogP contribution in [-0.2, 0) is 11.2 Å². The fourth-order valence-corrected chi connectivity index (χ4v) is 3.35. The van der Waals surface area contributed by atoms with E-state index in [9.17, 15) is 4.79 Å². The molecule has 7 heteroatoms. The van der Waals surface area contributed by atoms with Gasteiger partial charge in [0.05, 0.1) is 6.04 Å².